The Labute approximate surface area is 138 Å². The third-order valence-corrected chi connectivity index (χ3v) is 3.52. The lowest BCUT2D eigenvalue weighted by atomic mass is 10.1. The van der Waals surface area contributed by atoms with Crippen LogP contribution in [0.4, 0.5) is 8.78 Å². The Morgan fingerprint density at radius 3 is 2.50 bits per heavy atom. The number of halogens is 2. The molecule has 0 saturated heterocycles. The van der Waals surface area contributed by atoms with Crippen LogP contribution in [-0.4, -0.2) is 25.7 Å². The van der Waals surface area contributed by atoms with Gasteiger partial charge in [0.2, 0.25) is 5.82 Å². The van der Waals surface area contributed by atoms with Crippen molar-refractivity contribution in [2.24, 2.45) is 0 Å². The van der Waals surface area contributed by atoms with Crippen LogP contribution in [0.15, 0.2) is 36.7 Å². The number of alkyl halides is 2. The Kier molecular flexibility index (Phi) is 4.28. The Bertz CT molecular complexity index is 838. The van der Waals surface area contributed by atoms with Crippen LogP contribution in [-0.2, 0) is 17.3 Å². The van der Waals surface area contributed by atoms with Crippen molar-refractivity contribution >= 4 is 5.65 Å². The second-order valence-corrected chi connectivity index (χ2v) is 5.97. The van der Waals surface area contributed by atoms with Crippen molar-refractivity contribution in [3.63, 3.8) is 0 Å². The van der Waals surface area contributed by atoms with Crippen molar-refractivity contribution < 1.29 is 13.5 Å². The summed E-state index contributed by atoms with van der Waals surface area (Å²) < 4.78 is 34.0. The molecule has 0 atom stereocenters. The van der Waals surface area contributed by atoms with Crippen LogP contribution in [0.25, 0.3) is 16.9 Å². The summed E-state index contributed by atoms with van der Waals surface area (Å²) in [4.78, 5) is 4.28. The Morgan fingerprint density at radius 1 is 1.17 bits per heavy atom. The van der Waals surface area contributed by atoms with Gasteiger partial charge in [-0.15, -0.1) is 10.2 Å². The molecule has 2 heterocycles. The van der Waals surface area contributed by atoms with E-state index >= 15 is 0 Å². The van der Waals surface area contributed by atoms with Crippen LogP contribution in [0.2, 0.25) is 0 Å². The smallest absolute Gasteiger partial charge is 0.304 e. The minimum Gasteiger partial charge on any atom is -0.374 e. The number of benzene rings is 1. The van der Waals surface area contributed by atoms with E-state index in [0.717, 1.165) is 18.1 Å². The second-order valence-electron chi connectivity index (χ2n) is 5.97. The standard InChI is InChI=1S/C17H18F2N4O/c1-11(2)24-10-12-4-6-13(7-5-12)14-9-23-15(8-20-14)21-22-16(23)17(3,18)19/h4-9,11H,10H2,1-3H3. The summed E-state index contributed by atoms with van der Waals surface area (Å²) in [6, 6.07) is 7.65. The third kappa shape index (κ3) is 3.41. The summed E-state index contributed by atoms with van der Waals surface area (Å²) >= 11 is 0. The van der Waals surface area contributed by atoms with Crippen LogP contribution in [0, 0.1) is 0 Å². The van der Waals surface area contributed by atoms with Crippen molar-refractivity contribution in [3.05, 3.63) is 48.0 Å². The molecule has 0 N–H and O–H groups in total. The van der Waals surface area contributed by atoms with Crippen molar-refractivity contribution in [1.29, 1.82) is 0 Å². The second kappa shape index (κ2) is 6.24. The van der Waals surface area contributed by atoms with Gasteiger partial charge in [0.1, 0.15) is 0 Å². The van der Waals surface area contributed by atoms with Gasteiger partial charge in [0.05, 0.1) is 24.6 Å². The van der Waals surface area contributed by atoms with Gasteiger partial charge in [-0.05, 0) is 19.4 Å². The molecule has 3 rings (SSSR count). The number of hydrogen-bond donors (Lipinski definition) is 0. The predicted octanol–water partition coefficient (Wildman–Crippen LogP) is 3.83. The molecule has 24 heavy (non-hydrogen) atoms. The molecule has 5 nitrogen and oxygen atoms in total. The Hall–Kier alpha value is -2.41. The highest BCUT2D eigenvalue weighted by Gasteiger charge is 2.31. The minimum absolute atomic E-state index is 0.164. The molecule has 0 fully saturated rings. The maximum Gasteiger partial charge on any atom is 0.304 e. The van der Waals surface area contributed by atoms with Crippen LogP contribution in [0.5, 0.6) is 0 Å². The van der Waals surface area contributed by atoms with E-state index in [2.05, 4.69) is 15.2 Å². The summed E-state index contributed by atoms with van der Waals surface area (Å²) in [6.07, 6.45) is 3.13. The fourth-order valence-electron chi connectivity index (χ4n) is 2.28. The lowest BCUT2D eigenvalue weighted by Crippen LogP contribution is -2.12. The van der Waals surface area contributed by atoms with Gasteiger partial charge in [0, 0.05) is 18.7 Å². The minimum atomic E-state index is -3.07. The maximum absolute atomic E-state index is 13.6. The van der Waals surface area contributed by atoms with E-state index in [1.54, 1.807) is 0 Å². The van der Waals surface area contributed by atoms with E-state index in [4.69, 9.17) is 4.74 Å². The van der Waals surface area contributed by atoms with Gasteiger partial charge in [-0.1, -0.05) is 24.3 Å². The summed E-state index contributed by atoms with van der Waals surface area (Å²) in [5, 5.41) is 7.29. The van der Waals surface area contributed by atoms with Gasteiger partial charge < -0.3 is 4.74 Å². The number of nitrogens with zero attached hydrogens (tertiary/aromatic N) is 4. The molecule has 2 aromatic heterocycles. The fraction of sp³-hybridized carbons (Fsp3) is 0.353. The molecule has 126 valence electrons. The summed E-state index contributed by atoms with van der Waals surface area (Å²) in [6.45, 7) is 5.29. The average molecular weight is 332 g/mol. The molecular weight excluding hydrogens is 314 g/mol. The molecule has 0 aliphatic heterocycles. The van der Waals surface area contributed by atoms with E-state index < -0.39 is 11.7 Å². The molecule has 0 amide bonds. The molecule has 0 saturated carbocycles. The van der Waals surface area contributed by atoms with Crippen molar-refractivity contribution in [3.8, 4) is 11.3 Å². The summed E-state index contributed by atoms with van der Waals surface area (Å²) in [5.41, 5.74) is 2.73. The van der Waals surface area contributed by atoms with E-state index in [0.29, 0.717) is 12.3 Å². The van der Waals surface area contributed by atoms with Crippen LogP contribution < -0.4 is 0 Å². The first-order chi connectivity index (χ1) is 11.3. The first kappa shape index (κ1) is 16.4. The van der Waals surface area contributed by atoms with Gasteiger partial charge in [-0.2, -0.15) is 8.78 Å². The largest absolute Gasteiger partial charge is 0.374 e. The van der Waals surface area contributed by atoms with Crippen LogP contribution in [0.1, 0.15) is 32.2 Å². The van der Waals surface area contributed by atoms with Crippen molar-refractivity contribution in [2.45, 2.75) is 39.4 Å². The van der Waals surface area contributed by atoms with Gasteiger partial charge >= 0.3 is 5.92 Å². The SMILES string of the molecule is CC(C)OCc1ccc(-c2cn3c(C(C)(F)F)nnc3cn2)cc1. The monoisotopic (exact) mass is 332 g/mol. The zero-order chi connectivity index (χ0) is 17.3. The lowest BCUT2D eigenvalue weighted by Gasteiger charge is -2.09. The fourth-order valence-corrected chi connectivity index (χ4v) is 2.28. The molecular formula is C17H18F2N4O. The molecule has 0 radical (unpaired) electrons. The molecule has 1 aromatic carbocycles. The lowest BCUT2D eigenvalue weighted by molar-refractivity contribution is 0.00668. The Morgan fingerprint density at radius 2 is 1.88 bits per heavy atom. The van der Waals surface area contributed by atoms with Gasteiger partial charge in [-0.3, -0.25) is 9.38 Å². The van der Waals surface area contributed by atoms with E-state index in [1.807, 2.05) is 38.1 Å². The maximum atomic E-state index is 13.6. The molecule has 3 aromatic rings. The number of aromatic nitrogens is 4. The highest BCUT2D eigenvalue weighted by Crippen LogP contribution is 2.26. The molecule has 0 aliphatic rings. The Balaban J connectivity index is 1.92. The molecule has 0 bridgehead atoms. The summed E-state index contributed by atoms with van der Waals surface area (Å²) in [7, 11) is 0. The average Bonchev–Trinajstić information content (AvgIpc) is 2.96. The van der Waals surface area contributed by atoms with E-state index in [1.165, 1.54) is 16.8 Å². The highest BCUT2D eigenvalue weighted by atomic mass is 19.3. The normalized spacial score (nSPS) is 12.2. The highest BCUT2D eigenvalue weighted by molar-refractivity contribution is 5.60. The quantitative estimate of drug-likeness (QED) is 0.712. The van der Waals surface area contributed by atoms with Gasteiger partial charge in [0.25, 0.3) is 0 Å². The molecule has 0 aliphatic carbocycles. The predicted molar refractivity (Wildman–Crippen MR) is 85.7 cm³/mol. The van der Waals surface area contributed by atoms with Crippen LogP contribution in [0.3, 0.4) is 0 Å². The van der Waals surface area contributed by atoms with Crippen molar-refractivity contribution in [1.82, 2.24) is 19.6 Å². The van der Waals surface area contributed by atoms with Gasteiger partial charge in [0.15, 0.2) is 5.65 Å². The molecule has 7 heteroatoms. The van der Waals surface area contributed by atoms with Gasteiger partial charge in [-0.25, -0.2) is 0 Å². The number of hydrogen-bond acceptors (Lipinski definition) is 4. The zero-order valence-corrected chi connectivity index (χ0v) is 13.7. The first-order valence-electron chi connectivity index (χ1n) is 7.64. The number of ether oxygens (including phenoxy) is 1. The topological polar surface area (TPSA) is 52.3 Å². The summed E-state index contributed by atoms with van der Waals surface area (Å²) in [5.74, 6) is -3.47. The molecule has 0 unspecified atom stereocenters. The number of rotatable bonds is 5. The van der Waals surface area contributed by atoms with E-state index in [-0.39, 0.29) is 11.8 Å². The first-order valence-corrected chi connectivity index (χ1v) is 7.64. The zero-order valence-electron chi connectivity index (χ0n) is 13.7. The van der Waals surface area contributed by atoms with E-state index in [9.17, 15) is 8.78 Å². The van der Waals surface area contributed by atoms with Crippen LogP contribution >= 0.6 is 0 Å². The molecule has 0 spiro atoms. The van der Waals surface area contributed by atoms with Crippen molar-refractivity contribution in [2.75, 3.05) is 0 Å². The number of fused-ring (bicyclic) bond motifs is 1. The third-order valence-electron chi connectivity index (χ3n) is 3.52.